The molecule has 4 heteroatoms. The first-order valence-corrected chi connectivity index (χ1v) is 6.86. The van der Waals surface area contributed by atoms with E-state index in [-0.39, 0.29) is 24.0 Å². The fraction of sp³-hybridized carbons (Fsp3) is 0.533. The molecule has 1 aromatic rings. The number of benzene rings is 1. The quantitative estimate of drug-likeness (QED) is 0.485. The molecule has 0 heterocycles. The Labute approximate surface area is 133 Å². The van der Waals surface area contributed by atoms with Crippen LogP contribution in [-0.2, 0) is 6.54 Å². The van der Waals surface area contributed by atoms with Gasteiger partial charge in [-0.2, -0.15) is 0 Å². The van der Waals surface area contributed by atoms with Crippen LogP contribution in [0.4, 0.5) is 0 Å². The minimum absolute atomic E-state index is 0. The maximum atomic E-state index is 5.94. The normalized spacial score (nSPS) is 16.8. The molecule has 0 bridgehead atoms. The molecule has 0 spiro atoms. The summed E-state index contributed by atoms with van der Waals surface area (Å²) in [5.74, 6) is 0.588. The van der Waals surface area contributed by atoms with Gasteiger partial charge in [-0.3, -0.25) is 0 Å². The van der Waals surface area contributed by atoms with E-state index in [0.29, 0.717) is 18.5 Å². The van der Waals surface area contributed by atoms with E-state index < -0.39 is 0 Å². The molecule has 1 aliphatic rings. The lowest BCUT2D eigenvalue weighted by molar-refractivity contribution is 0.412. The predicted octanol–water partition coefficient (Wildman–Crippen LogP) is 3.35. The van der Waals surface area contributed by atoms with Gasteiger partial charge in [-0.05, 0) is 30.9 Å². The maximum absolute atomic E-state index is 5.94. The fourth-order valence-corrected chi connectivity index (χ4v) is 2.46. The Hall–Kier alpha value is -0.780. The number of nitrogens with zero attached hydrogens (tertiary/aromatic N) is 1. The third-order valence-electron chi connectivity index (χ3n) is 3.64. The number of hydrogen-bond donors (Lipinski definition) is 2. The van der Waals surface area contributed by atoms with Gasteiger partial charge in [0.25, 0.3) is 0 Å². The van der Waals surface area contributed by atoms with Gasteiger partial charge in [-0.25, -0.2) is 4.99 Å². The molecule has 1 saturated carbocycles. The lowest BCUT2D eigenvalue weighted by atomic mass is 9.96. The Morgan fingerprint density at radius 1 is 1.26 bits per heavy atom. The number of nitrogens with one attached hydrogen (secondary N) is 1. The van der Waals surface area contributed by atoms with Crippen LogP contribution in [0.15, 0.2) is 29.3 Å². The molecule has 1 aromatic carbocycles. The summed E-state index contributed by atoms with van der Waals surface area (Å²) in [6, 6.07) is 8.83. The van der Waals surface area contributed by atoms with Crippen molar-refractivity contribution in [3.05, 3.63) is 35.4 Å². The van der Waals surface area contributed by atoms with Crippen LogP contribution >= 0.6 is 24.0 Å². The molecule has 3 N–H and O–H groups in total. The molecular formula is C15H24IN3. The zero-order valence-corrected chi connectivity index (χ0v) is 13.9. The Morgan fingerprint density at radius 2 is 1.95 bits per heavy atom. The third-order valence-corrected chi connectivity index (χ3v) is 3.64. The average Bonchev–Trinajstić information content (AvgIpc) is 2.39. The second-order valence-corrected chi connectivity index (χ2v) is 5.11. The van der Waals surface area contributed by atoms with E-state index in [2.05, 4.69) is 29.4 Å². The van der Waals surface area contributed by atoms with E-state index in [4.69, 9.17) is 5.73 Å². The van der Waals surface area contributed by atoms with E-state index >= 15 is 0 Å². The molecule has 0 radical (unpaired) electrons. The van der Waals surface area contributed by atoms with Crippen LogP contribution < -0.4 is 11.1 Å². The Balaban J connectivity index is 0.00000180. The minimum Gasteiger partial charge on any atom is -0.370 e. The first-order chi connectivity index (χ1) is 8.75. The van der Waals surface area contributed by atoms with Crippen molar-refractivity contribution >= 4 is 29.9 Å². The molecule has 0 aromatic heterocycles. The van der Waals surface area contributed by atoms with Crippen LogP contribution in [0.3, 0.4) is 0 Å². The molecular weight excluding hydrogens is 349 g/mol. The molecule has 3 nitrogen and oxygen atoms in total. The molecule has 106 valence electrons. The smallest absolute Gasteiger partial charge is 0.189 e. The zero-order valence-electron chi connectivity index (χ0n) is 11.6. The maximum Gasteiger partial charge on any atom is 0.189 e. The standard InChI is InChI=1S/C15H23N3.HI/c1-12-7-5-6-8-13(12)11-17-15(16)18-14-9-3-2-4-10-14;/h5-8,14H,2-4,9-11H2,1H3,(H3,16,17,18);1H. The Morgan fingerprint density at radius 3 is 2.63 bits per heavy atom. The van der Waals surface area contributed by atoms with Gasteiger partial charge in [0.2, 0.25) is 0 Å². The van der Waals surface area contributed by atoms with Crippen molar-refractivity contribution in [3.63, 3.8) is 0 Å². The first-order valence-electron chi connectivity index (χ1n) is 6.86. The van der Waals surface area contributed by atoms with Crippen molar-refractivity contribution in [1.29, 1.82) is 0 Å². The predicted molar refractivity (Wildman–Crippen MR) is 91.9 cm³/mol. The zero-order chi connectivity index (χ0) is 12.8. The largest absolute Gasteiger partial charge is 0.370 e. The highest BCUT2D eigenvalue weighted by Crippen LogP contribution is 2.17. The summed E-state index contributed by atoms with van der Waals surface area (Å²) >= 11 is 0. The van der Waals surface area contributed by atoms with Gasteiger partial charge in [0.15, 0.2) is 5.96 Å². The summed E-state index contributed by atoms with van der Waals surface area (Å²) in [6.07, 6.45) is 6.42. The van der Waals surface area contributed by atoms with Crippen LogP contribution in [-0.4, -0.2) is 12.0 Å². The van der Waals surface area contributed by atoms with Crippen molar-refractivity contribution < 1.29 is 0 Å². The molecule has 0 amide bonds. The molecule has 19 heavy (non-hydrogen) atoms. The van der Waals surface area contributed by atoms with Gasteiger partial charge >= 0.3 is 0 Å². The van der Waals surface area contributed by atoms with Crippen molar-refractivity contribution in [2.45, 2.75) is 51.6 Å². The first kappa shape index (κ1) is 16.3. The summed E-state index contributed by atoms with van der Waals surface area (Å²) < 4.78 is 0. The molecule has 1 fully saturated rings. The molecule has 0 aliphatic heterocycles. The van der Waals surface area contributed by atoms with E-state index in [1.165, 1.54) is 43.2 Å². The number of halogens is 1. The van der Waals surface area contributed by atoms with Gasteiger partial charge in [0, 0.05) is 6.04 Å². The highest BCUT2D eigenvalue weighted by Gasteiger charge is 2.13. The summed E-state index contributed by atoms with van der Waals surface area (Å²) in [4.78, 5) is 4.43. The molecule has 0 saturated heterocycles. The molecule has 0 atom stereocenters. The van der Waals surface area contributed by atoms with Crippen molar-refractivity contribution in [2.24, 2.45) is 10.7 Å². The second-order valence-electron chi connectivity index (χ2n) is 5.11. The fourth-order valence-electron chi connectivity index (χ4n) is 2.46. The van der Waals surface area contributed by atoms with Gasteiger partial charge in [0.1, 0.15) is 0 Å². The van der Waals surface area contributed by atoms with Crippen molar-refractivity contribution in [2.75, 3.05) is 0 Å². The topological polar surface area (TPSA) is 50.4 Å². The Kier molecular flexibility index (Phi) is 7.20. The molecule has 2 rings (SSSR count). The minimum atomic E-state index is 0. The SMILES string of the molecule is Cc1ccccc1CN=C(N)NC1CCCCC1.I. The van der Waals surface area contributed by atoms with Crippen molar-refractivity contribution in [3.8, 4) is 0 Å². The number of rotatable bonds is 3. The summed E-state index contributed by atoms with van der Waals surface area (Å²) in [7, 11) is 0. The number of aryl methyl sites for hydroxylation is 1. The highest BCUT2D eigenvalue weighted by atomic mass is 127. The number of guanidine groups is 1. The Bertz CT molecular complexity index is 412. The van der Waals surface area contributed by atoms with Crippen molar-refractivity contribution in [1.82, 2.24) is 5.32 Å². The summed E-state index contributed by atoms with van der Waals surface area (Å²) in [6.45, 7) is 2.77. The number of aliphatic imine (C=N–C) groups is 1. The van der Waals surface area contributed by atoms with Gasteiger partial charge in [-0.15, -0.1) is 24.0 Å². The highest BCUT2D eigenvalue weighted by molar-refractivity contribution is 14.0. The number of nitrogens with two attached hydrogens (primary N) is 1. The van der Waals surface area contributed by atoms with Crippen LogP contribution in [0.2, 0.25) is 0 Å². The van der Waals surface area contributed by atoms with Crippen LogP contribution in [0.1, 0.15) is 43.2 Å². The summed E-state index contributed by atoms with van der Waals surface area (Å²) in [5.41, 5.74) is 8.45. The molecule has 1 aliphatic carbocycles. The monoisotopic (exact) mass is 373 g/mol. The lowest BCUT2D eigenvalue weighted by Crippen LogP contribution is -2.41. The average molecular weight is 373 g/mol. The summed E-state index contributed by atoms with van der Waals surface area (Å²) in [5, 5.41) is 3.34. The van der Waals surface area contributed by atoms with Gasteiger partial charge < -0.3 is 11.1 Å². The van der Waals surface area contributed by atoms with E-state index in [9.17, 15) is 0 Å². The van der Waals surface area contributed by atoms with Crippen LogP contribution in [0.5, 0.6) is 0 Å². The van der Waals surface area contributed by atoms with E-state index in [1.54, 1.807) is 0 Å². The molecule has 0 unspecified atom stereocenters. The van der Waals surface area contributed by atoms with Gasteiger partial charge in [0.05, 0.1) is 6.54 Å². The number of hydrogen-bond acceptors (Lipinski definition) is 1. The van der Waals surface area contributed by atoms with Crippen LogP contribution in [0, 0.1) is 6.92 Å². The van der Waals surface area contributed by atoms with E-state index in [0.717, 1.165) is 0 Å². The lowest BCUT2D eigenvalue weighted by Gasteiger charge is -2.23. The third kappa shape index (κ3) is 5.38. The second kappa shape index (κ2) is 8.40. The van der Waals surface area contributed by atoms with E-state index in [1.807, 2.05) is 12.1 Å². The van der Waals surface area contributed by atoms with Gasteiger partial charge in [-0.1, -0.05) is 43.5 Å². The van der Waals surface area contributed by atoms with Crippen LogP contribution in [0.25, 0.3) is 0 Å².